The maximum absolute atomic E-state index is 2.46. The summed E-state index contributed by atoms with van der Waals surface area (Å²) in [5, 5.41) is 5.24. The molecule has 1 aliphatic carbocycles. The standard InChI is InChI=1S/C58H42N2/c1-37-36-43(59(42-32-30-39(31-33-42)38-14-5-4-6-15-38)54-25-13-22-51-56(54)48-17-7-9-21-50(48)58(51,2)3)34-35-44(37)40-26-28-41(29-27-40)45-18-12-24-53-55(45)49-20-11-19-47-46-16-8-10-23-52(46)60(53)57(47)49/h4-36H,1-3H3. The molecule has 9 aromatic carbocycles. The van der Waals surface area contributed by atoms with Crippen LogP contribution in [-0.4, -0.2) is 4.40 Å². The van der Waals surface area contributed by atoms with E-state index in [4.69, 9.17) is 0 Å². The molecule has 0 saturated carbocycles. The van der Waals surface area contributed by atoms with Crippen molar-refractivity contribution < 1.29 is 0 Å². The Labute approximate surface area is 350 Å². The number of benzene rings is 9. The third-order valence-corrected chi connectivity index (χ3v) is 13.3. The Balaban J connectivity index is 0.955. The van der Waals surface area contributed by atoms with Gasteiger partial charge in [-0.1, -0.05) is 172 Å². The van der Waals surface area contributed by atoms with Crippen LogP contribution in [0.25, 0.3) is 82.6 Å². The second-order valence-corrected chi connectivity index (χ2v) is 16.9. The third kappa shape index (κ3) is 5.01. The number of aromatic nitrogens is 1. The van der Waals surface area contributed by atoms with Gasteiger partial charge in [0.15, 0.2) is 0 Å². The zero-order valence-corrected chi connectivity index (χ0v) is 33.9. The van der Waals surface area contributed by atoms with Gasteiger partial charge in [0.2, 0.25) is 0 Å². The molecule has 11 aromatic rings. The maximum Gasteiger partial charge on any atom is 0.0620 e. The molecule has 0 saturated heterocycles. The van der Waals surface area contributed by atoms with Gasteiger partial charge in [0, 0.05) is 43.9 Å². The van der Waals surface area contributed by atoms with Crippen LogP contribution in [0.4, 0.5) is 17.1 Å². The van der Waals surface area contributed by atoms with Crippen molar-refractivity contribution in [1.29, 1.82) is 0 Å². The van der Waals surface area contributed by atoms with Crippen LogP contribution in [0.3, 0.4) is 0 Å². The summed E-state index contributed by atoms with van der Waals surface area (Å²) in [4.78, 5) is 2.46. The van der Waals surface area contributed by atoms with Gasteiger partial charge in [-0.3, -0.25) is 0 Å². The van der Waals surface area contributed by atoms with Gasteiger partial charge in [-0.05, 0) is 105 Å². The lowest BCUT2D eigenvalue weighted by atomic mass is 9.82. The highest BCUT2D eigenvalue weighted by molar-refractivity contribution is 6.25. The van der Waals surface area contributed by atoms with Gasteiger partial charge in [-0.15, -0.1) is 0 Å². The van der Waals surface area contributed by atoms with Crippen molar-refractivity contribution in [1.82, 2.24) is 4.40 Å². The summed E-state index contributed by atoms with van der Waals surface area (Å²) in [5.74, 6) is 0. The summed E-state index contributed by atoms with van der Waals surface area (Å²) in [6, 6.07) is 74.0. The Morgan fingerprint density at radius 1 is 0.417 bits per heavy atom. The molecule has 0 N–H and O–H groups in total. The molecule has 0 aliphatic heterocycles. The van der Waals surface area contributed by atoms with E-state index in [0.717, 1.165) is 11.4 Å². The first kappa shape index (κ1) is 34.6. The number of nitrogens with zero attached hydrogens (tertiary/aromatic N) is 2. The summed E-state index contributed by atoms with van der Waals surface area (Å²) in [7, 11) is 0. The zero-order valence-electron chi connectivity index (χ0n) is 33.9. The molecule has 0 unspecified atom stereocenters. The molecule has 2 heterocycles. The second kappa shape index (κ2) is 13.0. The molecule has 0 radical (unpaired) electrons. The molecule has 2 nitrogen and oxygen atoms in total. The summed E-state index contributed by atoms with van der Waals surface area (Å²) >= 11 is 0. The highest BCUT2D eigenvalue weighted by Gasteiger charge is 2.37. The van der Waals surface area contributed by atoms with Crippen molar-refractivity contribution in [2.45, 2.75) is 26.2 Å². The first-order chi connectivity index (χ1) is 29.5. The van der Waals surface area contributed by atoms with Crippen LogP contribution in [-0.2, 0) is 5.41 Å². The predicted octanol–water partition coefficient (Wildman–Crippen LogP) is 15.9. The minimum Gasteiger partial charge on any atom is -0.310 e. The van der Waals surface area contributed by atoms with Crippen LogP contribution in [0.5, 0.6) is 0 Å². The van der Waals surface area contributed by atoms with Crippen molar-refractivity contribution in [3.63, 3.8) is 0 Å². The molecule has 2 aromatic heterocycles. The summed E-state index contributed by atoms with van der Waals surface area (Å²) in [5.41, 5.74) is 21.2. The zero-order chi connectivity index (χ0) is 40.1. The van der Waals surface area contributed by atoms with E-state index in [1.165, 1.54) is 105 Å². The maximum atomic E-state index is 2.46. The van der Waals surface area contributed by atoms with Crippen LogP contribution in [0.15, 0.2) is 200 Å². The second-order valence-electron chi connectivity index (χ2n) is 16.9. The first-order valence-corrected chi connectivity index (χ1v) is 21.0. The SMILES string of the molecule is Cc1cc(N(c2ccc(-c3ccccc3)cc2)c2cccc3c2-c2ccccc2C3(C)C)ccc1-c1ccc(-c2cccc3c2c2cccc4c5ccccc5n3c42)cc1. The molecule has 2 heteroatoms. The molecule has 60 heavy (non-hydrogen) atoms. The summed E-state index contributed by atoms with van der Waals surface area (Å²) < 4.78 is 2.46. The fourth-order valence-electron chi connectivity index (χ4n) is 10.4. The Hall–Kier alpha value is -7.42. The fourth-order valence-corrected chi connectivity index (χ4v) is 10.4. The summed E-state index contributed by atoms with van der Waals surface area (Å²) in [6.07, 6.45) is 0. The predicted molar refractivity (Wildman–Crippen MR) is 254 cm³/mol. The quantitative estimate of drug-likeness (QED) is 0.164. The number of fused-ring (bicyclic) bond motifs is 9. The molecule has 12 rings (SSSR count). The van der Waals surface area contributed by atoms with Crippen LogP contribution >= 0.6 is 0 Å². The van der Waals surface area contributed by atoms with Crippen molar-refractivity contribution in [2.24, 2.45) is 0 Å². The van der Waals surface area contributed by atoms with E-state index >= 15 is 0 Å². The van der Waals surface area contributed by atoms with Crippen LogP contribution in [0, 0.1) is 6.92 Å². The summed E-state index contributed by atoms with van der Waals surface area (Å²) in [6.45, 7) is 6.96. The number of hydrogen-bond donors (Lipinski definition) is 0. The van der Waals surface area contributed by atoms with E-state index in [1.54, 1.807) is 0 Å². The van der Waals surface area contributed by atoms with Crippen LogP contribution < -0.4 is 4.90 Å². The molecule has 0 bridgehead atoms. The van der Waals surface area contributed by atoms with Gasteiger partial charge in [-0.2, -0.15) is 0 Å². The molecule has 284 valence electrons. The topological polar surface area (TPSA) is 7.65 Å². The number of anilines is 3. The fraction of sp³-hybridized carbons (Fsp3) is 0.0690. The van der Waals surface area contributed by atoms with Gasteiger partial charge < -0.3 is 9.30 Å². The number of aryl methyl sites for hydroxylation is 1. The Bertz CT molecular complexity index is 3440. The number of para-hydroxylation sites is 2. The van der Waals surface area contributed by atoms with E-state index in [9.17, 15) is 0 Å². The van der Waals surface area contributed by atoms with Crippen molar-refractivity contribution in [3.05, 3.63) is 217 Å². The van der Waals surface area contributed by atoms with Gasteiger partial charge in [0.25, 0.3) is 0 Å². The third-order valence-electron chi connectivity index (χ3n) is 13.3. The normalized spacial score (nSPS) is 13.1. The Kier molecular flexibility index (Phi) is 7.52. The Morgan fingerprint density at radius 2 is 1.00 bits per heavy atom. The van der Waals surface area contributed by atoms with Gasteiger partial charge in [-0.25, -0.2) is 0 Å². The molecule has 0 amide bonds. The van der Waals surface area contributed by atoms with Crippen LogP contribution in [0.2, 0.25) is 0 Å². The molecular weight excluding hydrogens is 725 g/mol. The van der Waals surface area contributed by atoms with Crippen LogP contribution in [0.1, 0.15) is 30.5 Å². The number of hydrogen-bond acceptors (Lipinski definition) is 1. The first-order valence-electron chi connectivity index (χ1n) is 21.0. The highest BCUT2D eigenvalue weighted by atomic mass is 15.1. The van der Waals surface area contributed by atoms with E-state index in [1.807, 2.05) is 0 Å². The van der Waals surface area contributed by atoms with E-state index in [2.05, 4.69) is 230 Å². The minimum absolute atomic E-state index is 0.0941. The molecule has 0 atom stereocenters. The highest BCUT2D eigenvalue weighted by Crippen LogP contribution is 2.54. The monoisotopic (exact) mass is 766 g/mol. The van der Waals surface area contributed by atoms with E-state index in [-0.39, 0.29) is 5.41 Å². The van der Waals surface area contributed by atoms with Gasteiger partial charge >= 0.3 is 0 Å². The molecule has 1 aliphatic rings. The van der Waals surface area contributed by atoms with E-state index < -0.39 is 0 Å². The largest absolute Gasteiger partial charge is 0.310 e. The molecule has 0 spiro atoms. The lowest BCUT2D eigenvalue weighted by Crippen LogP contribution is -2.16. The van der Waals surface area contributed by atoms with Crippen molar-refractivity contribution in [2.75, 3.05) is 4.90 Å². The average molecular weight is 767 g/mol. The lowest BCUT2D eigenvalue weighted by molar-refractivity contribution is 0.660. The minimum atomic E-state index is -0.0941. The average Bonchev–Trinajstić information content (AvgIpc) is 3.90. The molecular formula is C58H42N2. The molecule has 0 fully saturated rings. The van der Waals surface area contributed by atoms with E-state index in [0.29, 0.717) is 0 Å². The lowest BCUT2D eigenvalue weighted by Gasteiger charge is -2.29. The van der Waals surface area contributed by atoms with Gasteiger partial charge in [0.05, 0.1) is 22.2 Å². The smallest absolute Gasteiger partial charge is 0.0620 e. The van der Waals surface area contributed by atoms with Crippen molar-refractivity contribution >= 4 is 55.2 Å². The Morgan fingerprint density at radius 3 is 1.82 bits per heavy atom. The number of rotatable bonds is 6. The van der Waals surface area contributed by atoms with Gasteiger partial charge in [0.1, 0.15) is 0 Å². The van der Waals surface area contributed by atoms with Crippen molar-refractivity contribution in [3.8, 4) is 44.5 Å².